The molecule has 0 aromatic carbocycles. The summed E-state index contributed by atoms with van der Waals surface area (Å²) in [6.45, 7) is 0. The minimum Gasteiger partial charge on any atom is -0.354 e. The van der Waals surface area contributed by atoms with Gasteiger partial charge in [0.05, 0.1) is 5.59 Å². The van der Waals surface area contributed by atoms with Crippen LogP contribution in [-0.2, 0) is 23.6 Å². The van der Waals surface area contributed by atoms with E-state index in [0.29, 0.717) is 0 Å². The molecule has 0 aliphatic rings. The maximum atomic E-state index is 8.75. The first-order chi connectivity index (χ1) is 2.94. The smallest absolute Gasteiger partial charge is 0.150 e. The Hall–Kier alpha value is 1.96. The van der Waals surface area contributed by atoms with E-state index in [1.165, 1.54) is 0 Å². The van der Waals surface area contributed by atoms with Gasteiger partial charge in [-0.25, -0.2) is 0 Å². The number of rotatable bonds is 1. The topological polar surface area (TPSA) is 20.2 Å². The van der Waals surface area contributed by atoms with Crippen LogP contribution in [0.25, 0.3) is 0 Å². The SMILES string of the molecule is OP(=S)(S)[PH](=S)S. The first kappa shape index (κ1) is 8.96. The molecule has 0 aromatic heterocycles. The van der Waals surface area contributed by atoms with E-state index in [9.17, 15) is 0 Å². The van der Waals surface area contributed by atoms with Gasteiger partial charge in [0.25, 0.3) is 0 Å². The summed E-state index contributed by atoms with van der Waals surface area (Å²) in [7, 11) is 0. The zero-order valence-electron chi connectivity index (χ0n) is 3.11. The molecule has 0 spiro atoms. The van der Waals surface area contributed by atoms with Crippen LogP contribution < -0.4 is 0 Å². The molecule has 0 bridgehead atoms. The average Bonchev–Trinajstić information content (AvgIpc) is 1.31. The average molecular weight is 210 g/mol. The van der Waals surface area contributed by atoms with Crippen molar-refractivity contribution in [3.63, 3.8) is 0 Å². The fraction of sp³-hybridized carbons (Fsp3) is 0. The van der Waals surface area contributed by atoms with Gasteiger partial charge in [-0.05, 0) is 0 Å². The van der Waals surface area contributed by atoms with Gasteiger partial charge >= 0.3 is 0 Å². The Balaban J connectivity index is 4.09. The van der Waals surface area contributed by atoms with E-state index in [4.69, 9.17) is 4.89 Å². The van der Waals surface area contributed by atoms with Crippen molar-refractivity contribution in [2.75, 3.05) is 0 Å². The van der Waals surface area contributed by atoms with Gasteiger partial charge < -0.3 is 4.89 Å². The van der Waals surface area contributed by atoms with Crippen LogP contribution in [0.5, 0.6) is 0 Å². The minimum atomic E-state index is -2.43. The second-order valence-corrected chi connectivity index (χ2v) is 17.4. The molecule has 0 saturated heterocycles. The predicted molar refractivity (Wildman–Crippen MR) is 50.2 cm³/mol. The molecule has 0 radical (unpaired) electrons. The van der Waals surface area contributed by atoms with Gasteiger partial charge in [-0.3, -0.25) is 0 Å². The highest BCUT2D eigenvalue weighted by atomic mass is 33.3. The third-order valence-electron chi connectivity index (χ3n) is 0.249. The molecule has 2 atom stereocenters. The van der Waals surface area contributed by atoms with Gasteiger partial charge in [0.15, 0.2) is 5.16 Å². The van der Waals surface area contributed by atoms with Crippen LogP contribution in [0.2, 0.25) is 0 Å². The van der Waals surface area contributed by atoms with Crippen molar-refractivity contribution < 1.29 is 4.89 Å². The maximum Gasteiger partial charge on any atom is 0.150 e. The molecule has 0 aliphatic carbocycles. The lowest BCUT2D eigenvalue weighted by Gasteiger charge is -2.01. The lowest BCUT2D eigenvalue weighted by molar-refractivity contribution is 0.654. The largest absolute Gasteiger partial charge is 0.354 e. The molecule has 0 rings (SSSR count). The normalized spacial score (nSPS) is 23.3. The van der Waals surface area contributed by atoms with Crippen molar-refractivity contribution in [2.45, 2.75) is 0 Å². The fourth-order valence-corrected chi connectivity index (χ4v) is 0. The summed E-state index contributed by atoms with van der Waals surface area (Å²) < 4.78 is 0. The van der Waals surface area contributed by atoms with E-state index in [1.807, 2.05) is 0 Å². The molecule has 0 fully saturated rings. The van der Waals surface area contributed by atoms with Crippen LogP contribution >= 0.6 is 35.2 Å². The molecular weight excluding hydrogens is 206 g/mol. The Morgan fingerprint density at radius 3 is 1.86 bits per heavy atom. The molecule has 1 N–H and O–H groups in total. The predicted octanol–water partition coefficient (Wildman–Crippen LogP) is 1.65. The summed E-state index contributed by atoms with van der Waals surface area (Å²) >= 11 is 16.6. The van der Waals surface area contributed by atoms with E-state index in [2.05, 4.69) is 48.1 Å². The molecule has 7 heteroatoms. The van der Waals surface area contributed by atoms with Crippen molar-refractivity contribution in [3.05, 3.63) is 0 Å². The van der Waals surface area contributed by atoms with Crippen LogP contribution in [0.15, 0.2) is 0 Å². The second-order valence-electron chi connectivity index (χ2n) is 0.827. The third-order valence-corrected chi connectivity index (χ3v) is 15.6. The van der Waals surface area contributed by atoms with Crippen LogP contribution in [0.1, 0.15) is 0 Å². The third kappa shape index (κ3) is 4.46. The Morgan fingerprint density at radius 2 is 1.86 bits per heavy atom. The van der Waals surface area contributed by atoms with Crippen LogP contribution in [0.3, 0.4) is 0 Å². The Labute approximate surface area is 63.6 Å². The van der Waals surface area contributed by atoms with Gasteiger partial charge in [-0.15, -0.1) is 24.5 Å². The number of thiol groups is 2. The molecule has 1 nitrogen and oxygen atoms in total. The Morgan fingerprint density at radius 1 is 1.71 bits per heavy atom. The number of hydrogen-bond donors (Lipinski definition) is 3. The van der Waals surface area contributed by atoms with E-state index in [1.54, 1.807) is 0 Å². The summed E-state index contributed by atoms with van der Waals surface area (Å²) in [5.41, 5.74) is -1.43. The lowest BCUT2D eigenvalue weighted by atomic mass is 15.9. The molecule has 0 amide bonds. The number of hydrogen-bond acceptors (Lipinski definition) is 2. The molecule has 0 saturated carbocycles. The summed E-state index contributed by atoms with van der Waals surface area (Å²) in [5.74, 6) is 0. The van der Waals surface area contributed by atoms with Crippen molar-refractivity contribution in [3.8, 4) is 0 Å². The molecule has 7 heavy (non-hydrogen) atoms. The molecule has 2 unspecified atom stereocenters. The molecular formula is H4OP2S4. The molecule has 0 aliphatic heterocycles. The standard InChI is InChI=1S/H4OP2S4/c1-3(6,7)2(4)5/h2H,(H,4,5)(H2,1,6,7). The van der Waals surface area contributed by atoms with Crippen LogP contribution in [0.4, 0.5) is 0 Å². The zero-order chi connectivity index (χ0) is 6.08. The first-order valence-electron chi connectivity index (χ1n) is 1.23. The van der Waals surface area contributed by atoms with Crippen molar-refractivity contribution in [1.82, 2.24) is 0 Å². The fourth-order valence-electron chi connectivity index (χ4n) is 0. The van der Waals surface area contributed by atoms with Gasteiger partial charge in [-0.2, -0.15) is 0 Å². The Bertz CT molecular complexity index is 122. The van der Waals surface area contributed by atoms with Crippen LogP contribution in [0, 0.1) is 0 Å². The quantitative estimate of drug-likeness (QED) is 0.452. The minimum absolute atomic E-state index is 1.43. The van der Waals surface area contributed by atoms with E-state index in [0.717, 1.165) is 0 Å². The highest BCUT2D eigenvalue weighted by Crippen LogP contribution is 2.71. The second kappa shape index (κ2) is 3.21. The summed E-state index contributed by atoms with van der Waals surface area (Å²) in [5, 5.41) is -2.43. The lowest BCUT2D eigenvalue weighted by Crippen LogP contribution is -1.46. The molecule has 0 heterocycles. The summed E-state index contributed by atoms with van der Waals surface area (Å²) in [6.07, 6.45) is 0. The molecule has 0 aromatic rings. The monoisotopic (exact) mass is 210 g/mol. The Kier molecular flexibility index (Phi) is 4.11. The van der Waals surface area contributed by atoms with Gasteiger partial charge in [0.2, 0.25) is 0 Å². The van der Waals surface area contributed by atoms with Gasteiger partial charge in [0.1, 0.15) is 0 Å². The van der Waals surface area contributed by atoms with Gasteiger partial charge in [0, 0.05) is 0 Å². The molecule has 44 valence electrons. The summed E-state index contributed by atoms with van der Waals surface area (Å²) in [6, 6.07) is 0. The maximum absolute atomic E-state index is 8.75. The van der Waals surface area contributed by atoms with Crippen molar-refractivity contribution >= 4 is 58.9 Å². The van der Waals surface area contributed by atoms with E-state index < -0.39 is 10.7 Å². The van der Waals surface area contributed by atoms with E-state index in [-0.39, 0.29) is 0 Å². The van der Waals surface area contributed by atoms with Crippen LogP contribution in [-0.4, -0.2) is 4.89 Å². The van der Waals surface area contributed by atoms with E-state index >= 15 is 0 Å². The van der Waals surface area contributed by atoms with Crippen molar-refractivity contribution in [2.24, 2.45) is 0 Å². The first-order valence-corrected chi connectivity index (χ1v) is 9.91. The highest BCUT2D eigenvalue weighted by molar-refractivity contribution is 9.00. The van der Waals surface area contributed by atoms with Crippen molar-refractivity contribution in [1.29, 1.82) is 0 Å². The summed E-state index contributed by atoms with van der Waals surface area (Å²) in [4.78, 5) is 8.75. The zero-order valence-corrected chi connectivity index (χ0v) is 8.42. The highest BCUT2D eigenvalue weighted by Gasteiger charge is 2.05. The van der Waals surface area contributed by atoms with Gasteiger partial charge in [-0.1, -0.05) is 23.6 Å².